The first-order valence-corrected chi connectivity index (χ1v) is 6.76. The van der Waals surface area contributed by atoms with E-state index in [-0.39, 0.29) is 0 Å². The predicted molar refractivity (Wildman–Crippen MR) is 70.6 cm³/mol. The van der Waals surface area contributed by atoms with Crippen LogP contribution in [0.2, 0.25) is 0 Å². The zero-order valence-electron chi connectivity index (χ0n) is 8.78. The van der Waals surface area contributed by atoms with E-state index in [1.165, 1.54) is 0 Å². The molecule has 1 aromatic carbocycles. The van der Waals surface area contributed by atoms with E-state index in [1.54, 1.807) is 0 Å². The second kappa shape index (κ2) is 7.14. The van der Waals surface area contributed by atoms with Crippen LogP contribution in [0.5, 0.6) is 5.75 Å². The summed E-state index contributed by atoms with van der Waals surface area (Å²) in [6.45, 7) is 3.59. The first-order chi connectivity index (χ1) is 7.22. The van der Waals surface area contributed by atoms with Crippen molar-refractivity contribution in [3.05, 3.63) is 28.7 Å². The molecule has 1 unspecified atom stereocenters. The van der Waals surface area contributed by atoms with Gasteiger partial charge in [0, 0.05) is 22.0 Å². The Morgan fingerprint density at radius 3 is 2.67 bits per heavy atom. The van der Waals surface area contributed by atoms with Crippen LogP contribution in [0.1, 0.15) is 6.92 Å². The van der Waals surface area contributed by atoms with Gasteiger partial charge in [0.25, 0.3) is 0 Å². The van der Waals surface area contributed by atoms with Crippen LogP contribution in [0, 0.1) is 0 Å². The van der Waals surface area contributed by atoms with Gasteiger partial charge in [-0.2, -0.15) is 11.8 Å². The number of hydrogen-bond donors (Lipinski definition) is 1. The summed E-state index contributed by atoms with van der Waals surface area (Å²) in [7, 11) is 0. The van der Waals surface area contributed by atoms with Crippen LogP contribution in [-0.4, -0.2) is 24.2 Å². The lowest BCUT2D eigenvalue weighted by Gasteiger charge is -2.09. The van der Waals surface area contributed by atoms with Gasteiger partial charge in [0.2, 0.25) is 0 Å². The van der Waals surface area contributed by atoms with Crippen LogP contribution in [0.3, 0.4) is 0 Å². The van der Waals surface area contributed by atoms with E-state index in [4.69, 9.17) is 10.5 Å². The third-order valence-electron chi connectivity index (χ3n) is 1.90. The minimum absolute atomic E-state index is 0.513. The maximum absolute atomic E-state index is 5.57. The molecule has 84 valence electrons. The third-order valence-corrected chi connectivity index (χ3v) is 3.59. The minimum Gasteiger partial charge on any atom is -0.493 e. The van der Waals surface area contributed by atoms with Gasteiger partial charge in [0.05, 0.1) is 6.61 Å². The molecule has 15 heavy (non-hydrogen) atoms. The van der Waals surface area contributed by atoms with Crippen LogP contribution < -0.4 is 10.5 Å². The first-order valence-electron chi connectivity index (χ1n) is 4.92. The van der Waals surface area contributed by atoms with Gasteiger partial charge in [0.15, 0.2) is 0 Å². The molecule has 1 atom stereocenters. The number of halogens is 1. The molecule has 2 N–H and O–H groups in total. The normalized spacial score (nSPS) is 12.5. The average Bonchev–Trinajstić information content (AvgIpc) is 2.26. The van der Waals surface area contributed by atoms with Crippen LogP contribution >= 0.6 is 27.7 Å². The third kappa shape index (κ3) is 5.44. The van der Waals surface area contributed by atoms with Crippen molar-refractivity contribution in [2.24, 2.45) is 5.73 Å². The summed E-state index contributed by atoms with van der Waals surface area (Å²) in [4.78, 5) is 0. The van der Waals surface area contributed by atoms with E-state index < -0.39 is 0 Å². The van der Waals surface area contributed by atoms with Gasteiger partial charge in [-0.15, -0.1) is 0 Å². The van der Waals surface area contributed by atoms with Crippen molar-refractivity contribution in [3.8, 4) is 5.75 Å². The molecule has 0 aromatic heterocycles. The van der Waals surface area contributed by atoms with Crippen LogP contribution in [0.25, 0.3) is 0 Å². The Hall–Kier alpha value is -0.190. The summed E-state index contributed by atoms with van der Waals surface area (Å²) in [6.07, 6.45) is 0. The second-order valence-electron chi connectivity index (χ2n) is 3.22. The van der Waals surface area contributed by atoms with Gasteiger partial charge in [-0.05, 0) is 24.3 Å². The zero-order valence-corrected chi connectivity index (χ0v) is 11.2. The fourth-order valence-corrected chi connectivity index (χ4v) is 1.99. The maximum atomic E-state index is 5.57. The Kier molecular flexibility index (Phi) is 6.13. The highest BCUT2D eigenvalue weighted by Crippen LogP contribution is 2.16. The lowest BCUT2D eigenvalue weighted by molar-refractivity contribution is 0.344. The molecule has 2 nitrogen and oxygen atoms in total. The van der Waals surface area contributed by atoms with E-state index in [0.717, 1.165) is 29.1 Å². The Bertz CT molecular complexity index is 278. The number of thioether (sulfide) groups is 1. The number of hydrogen-bond acceptors (Lipinski definition) is 3. The standard InChI is InChI=1S/C11H16BrNOS/c1-9(8-13)15-7-6-14-11-4-2-10(12)3-5-11/h2-5,9H,6-8,13H2,1H3. The summed E-state index contributed by atoms with van der Waals surface area (Å²) in [5, 5.41) is 0.513. The van der Waals surface area contributed by atoms with E-state index >= 15 is 0 Å². The highest BCUT2D eigenvalue weighted by atomic mass is 79.9. The van der Waals surface area contributed by atoms with E-state index in [0.29, 0.717) is 5.25 Å². The van der Waals surface area contributed by atoms with Gasteiger partial charge < -0.3 is 10.5 Å². The van der Waals surface area contributed by atoms with Gasteiger partial charge in [-0.3, -0.25) is 0 Å². The molecule has 0 saturated heterocycles. The van der Waals surface area contributed by atoms with E-state index in [2.05, 4.69) is 22.9 Å². The number of nitrogens with two attached hydrogens (primary N) is 1. The fraction of sp³-hybridized carbons (Fsp3) is 0.455. The predicted octanol–water partition coefficient (Wildman–Crippen LogP) is 2.91. The molecular formula is C11H16BrNOS. The Morgan fingerprint density at radius 1 is 1.40 bits per heavy atom. The molecule has 0 aliphatic carbocycles. The van der Waals surface area contributed by atoms with Gasteiger partial charge in [-0.25, -0.2) is 0 Å². The van der Waals surface area contributed by atoms with Gasteiger partial charge in [-0.1, -0.05) is 22.9 Å². The van der Waals surface area contributed by atoms with Crippen LogP contribution in [0.15, 0.2) is 28.7 Å². The quantitative estimate of drug-likeness (QED) is 0.818. The maximum Gasteiger partial charge on any atom is 0.119 e. The summed E-state index contributed by atoms with van der Waals surface area (Å²) in [6, 6.07) is 7.87. The monoisotopic (exact) mass is 289 g/mol. The zero-order chi connectivity index (χ0) is 11.1. The molecular weight excluding hydrogens is 274 g/mol. The highest BCUT2D eigenvalue weighted by molar-refractivity contribution is 9.10. The molecule has 0 saturated carbocycles. The van der Waals surface area contributed by atoms with Crippen LogP contribution in [0.4, 0.5) is 0 Å². The van der Waals surface area contributed by atoms with Crippen molar-refractivity contribution < 1.29 is 4.74 Å². The molecule has 0 fully saturated rings. The highest BCUT2D eigenvalue weighted by Gasteiger charge is 1.99. The molecule has 0 radical (unpaired) electrons. The number of ether oxygens (including phenoxy) is 1. The summed E-state index contributed by atoms with van der Waals surface area (Å²) >= 11 is 5.22. The largest absolute Gasteiger partial charge is 0.493 e. The molecule has 0 bridgehead atoms. The van der Waals surface area contributed by atoms with Crippen molar-refractivity contribution >= 4 is 27.7 Å². The van der Waals surface area contributed by atoms with E-state index in [1.807, 2.05) is 36.0 Å². The Balaban J connectivity index is 2.17. The number of rotatable bonds is 6. The molecule has 0 heterocycles. The summed E-state index contributed by atoms with van der Waals surface area (Å²) in [5.74, 6) is 1.90. The molecule has 1 rings (SSSR count). The lowest BCUT2D eigenvalue weighted by Crippen LogP contribution is -2.14. The van der Waals surface area contributed by atoms with Crippen molar-refractivity contribution in [2.45, 2.75) is 12.2 Å². The molecule has 4 heteroatoms. The van der Waals surface area contributed by atoms with E-state index in [9.17, 15) is 0 Å². The Labute approximate surface area is 104 Å². The van der Waals surface area contributed by atoms with Gasteiger partial charge in [0.1, 0.15) is 5.75 Å². The van der Waals surface area contributed by atoms with Crippen LogP contribution in [-0.2, 0) is 0 Å². The van der Waals surface area contributed by atoms with Crippen molar-refractivity contribution in [3.63, 3.8) is 0 Å². The molecule has 0 spiro atoms. The molecule has 0 amide bonds. The topological polar surface area (TPSA) is 35.2 Å². The summed E-state index contributed by atoms with van der Waals surface area (Å²) in [5.41, 5.74) is 5.52. The second-order valence-corrected chi connectivity index (χ2v) is 5.68. The number of benzene rings is 1. The molecule has 0 aliphatic heterocycles. The van der Waals surface area contributed by atoms with Crippen molar-refractivity contribution in [2.75, 3.05) is 18.9 Å². The first kappa shape index (κ1) is 12.9. The average molecular weight is 290 g/mol. The van der Waals surface area contributed by atoms with Crippen molar-refractivity contribution in [1.29, 1.82) is 0 Å². The minimum atomic E-state index is 0.513. The van der Waals surface area contributed by atoms with Crippen molar-refractivity contribution in [1.82, 2.24) is 0 Å². The fourth-order valence-electron chi connectivity index (χ4n) is 1.01. The summed E-state index contributed by atoms with van der Waals surface area (Å²) < 4.78 is 6.64. The SMILES string of the molecule is CC(CN)SCCOc1ccc(Br)cc1. The van der Waals surface area contributed by atoms with Gasteiger partial charge >= 0.3 is 0 Å². The Morgan fingerprint density at radius 2 is 2.07 bits per heavy atom. The molecule has 1 aromatic rings. The lowest BCUT2D eigenvalue weighted by atomic mass is 10.3. The smallest absolute Gasteiger partial charge is 0.119 e. The molecule has 0 aliphatic rings.